The fraction of sp³-hybridized carbons (Fsp3) is 0.200. The third-order valence-electron chi connectivity index (χ3n) is 5.16. The fourth-order valence-electron chi connectivity index (χ4n) is 3.75. The van der Waals surface area contributed by atoms with Crippen LogP contribution >= 0.6 is 0 Å². The number of esters is 1. The van der Waals surface area contributed by atoms with E-state index in [0.717, 1.165) is 27.8 Å². The van der Waals surface area contributed by atoms with Crippen molar-refractivity contribution >= 4 is 16.9 Å². The van der Waals surface area contributed by atoms with Crippen molar-refractivity contribution in [2.24, 2.45) is 0 Å². The molecular formula is C25H24N2O4. The van der Waals surface area contributed by atoms with Gasteiger partial charge in [0.1, 0.15) is 17.0 Å². The first-order valence-corrected chi connectivity index (χ1v) is 10.1. The maximum absolute atomic E-state index is 12.7. The topological polar surface area (TPSA) is 62.6 Å². The maximum Gasteiger partial charge on any atom is 0.340 e. The van der Waals surface area contributed by atoms with Gasteiger partial charge in [-0.2, -0.15) is 0 Å². The van der Waals surface area contributed by atoms with Crippen molar-refractivity contribution in [2.75, 3.05) is 20.8 Å². The predicted molar refractivity (Wildman–Crippen MR) is 120 cm³/mol. The van der Waals surface area contributed by atoms with E-state index in [4.69, 9.17) is 14.2 Å². The van der Waals surface area contributed by atoms with Crippen LogP contribution < -0.4 is 9.47 Å². The summed E-state index contributed by atoms with van der Waals surface area (Å²) >= 11 is 0. The van der Waals surface area contributed by atoms with Crippen LogP contribution in [0.2, 0.25) is 0 Å². The van der Waals surface area contributed by atoms with Crippen LogP contribution in [0.4, 0.5) is 0 Å². The van der Waals surface area contributed by atoms with Crippen LogP contribution in [0.5, 0.6) is 11.5 Å². The minimum atomic E-state index is -0.396. The molecular weight excluding hydrogens is 392 g/mol. The van der Waals surface area contributed by atoms with Crippen LogP contribution in [0.15, 0.2) is 67.1 Å². The molecule has 0 fully saturated rings. The second kappa shape index (κ2) is 8.92. The van der Waals surface area contributed by atoms with E-state index in [1.54, 1.807) is 27.3 Å². The van der Waals surface area contributed by atoms with E-state index >= 15 is 0 Å². The lowest BCUT2D eigenvalue weighted by molar-refractivity contribution is 0.0527. The standard InChI is InChI=1S/C25H24N2O4/c1-4-31-25(28)20-14-26-24-19(9-7-11-22(24)30-3)23(20)18-12-13-27(16-18)15-17-8-5-6-10-21(17)29-2/h5-14,16H,4,15H2,1-3H3. The summed E-state index contributed by atoms with van der Waals surface area (Å²) in [6.45, 7) is 2.73. The SMILES string of the molecule is CCOC(=O)c1cnc2c(OC)cccc2c1-c1ccn(Cc2ccccc2OC)c1. The van der Waals surface area contributed by atoms with Crippen molar-refractivity contribution in [3.63, 3.8) is 0 Å². The second-order valence-electron chi connectivity index (χ2n) is 7.01. The van der Waals surface area contributed by atoms with Gasteiger partial charge in [0.2, 0.25) is 0 Å². The van der Waals surface area contributed by atoms with E-state index in [-0.39, 0.29) is 0 Å². The number of carbonyl (C=O) groups is 1. The Balaban J connectivity index is 1.83. The van der Waals surface area contributed by atoms with Crippen LogP contribution in [0, 0.1) is 0 Å². The van der Waals surface area contributed by atoms with Gasteiger partial charge in [-0.3, -0.25) is 4.98 Å². The number of ether oxygens (including phenoxy) is 3. The lowest BCUT2D eigenvalue weighted by Gasteiger charge is -2.13. The molecule has 4 aromatic rings. The van der Waals surface area contributed by atoms with Gasteiger partial charge in [0.15, 0.2) is 0 Å². The van der Waals surface area contributed by atoms with Gasteiger partial charge in [-0.15, -0.1) is 0 Å². The summed E-state index contributed by atoms with van der Waals surface area (Å²) < 4.78 is 18.3. The summed E-state index contributed by atoms with van der Waals surface area (Å²) in [5.74, 6) is 1.10. The number of rotatable bonds is 7. The molecule has 0 bridgehead atoms. The number of pyridine rings is 1. The van der Waals surface area contributed by atoms with Crippen molar-refractivity contribution in [3.05, 3.63) is 78.2 Å². The van der Waals surface area contributed by atoms with E-state index in [2.05, 4.69) is 9.55 Å². The summed E-state index contributed by atoms with van der Waals surface area (Å²) in [6.07, 6.45) is 5.57. The number of para-hydroxylation sites is 2. The summed E-state index contributed by atoms with van der Waals surface area (Å²) in [7, 11) is 3.28. The van der Waals surface area contributed by atoms with Crippen molar-refractivity contribution in [1.82, 2.24) is 9.55 Å². The molecule has 0 unspecified atom stereocenters. The lowest BCUT2D eigenvalue weighted by Crippen LogP contribution is -2.08. The Morgan fingerprint density at radius 3 is 2.55 bits per heavy atom. The number of carbonyl (C=O) groups excluding carboxylic acids is 1. The highest BCUT2D eigenvalue weighted by atomic mass is 16.5. The first-order chi connectivity index (χ1) is 15.2. The smallest absolute Gasteiger partial charge is 0.340 e. The molecule has 0 saturated carbocycles. The molecule has 2 aromatic heterocycles. The van der Waals surface area contributed by atoms with Gasteiger partial charge in [-0.1, -0.05) is 30.3 Å². The normalized spacial score (nSPS) is 10.8. The van der Waals surface area contributed by atoms with Gasteiger partial charge in [0.05, 0.1) is 32.9 Å². The number of aromatic nitrogens is 2. The van der Waals surface area contributed by atoms with E-state index < -0.39 is 5.97 Å². The summed E-state index contributed by atoms with van der Waals surface area (Å²) in [4.78, 5) is 17.2. The molecule has 2 heterocycles. The summed E-state index contributed by atoms with van der Waals surface area (Å²) in [5, 5.41) is 0.833. The molecule has 0 spiro atoms. The second-order valence-corrected chi connectivity index (χ2v) is 7.01. The molecule has 158 valence electrons. The maximum atomic E-state index is 12.7. The highest BCUT2D eigenvalue weighted by molar-refractivity contribution is 6.07. The zero-order valence-corrected chi connectivity index (χ0v) is 17.8. The first kappa shape index (κ1) is 20.5. The van der Waals surface area contributed by atoms with Crippen molar-refractivity contribution in [1.29, 1.82) is 0 Å². The van der Waals surface area contributed by atoms with Gasteiger partial charge >= 0.3 is 5.97 Å². The Hall–Kier alpha value is -3.80. The molecule has 0 atom stereocenters. The zero-order valence-electron chi connectivity index (χ0n) is 17.8. The number of hydrogen-bond donors (Lipinski definition) is 0. The van der Waals surface area contributed by atoms with Gasteiger partial charge in [-0.25, -0.2) is 4.79 Å². The number of nitrogens with zero attached hydrogens (tertiary/aromatic N) is 2. The molecule has 0 N–H and O–H groups in total. The molecule has 31 heavy (non-hydrogen) atoms. The van der Waals surface area contributed by atoms with Gasteiger partial charge in [0, 0.05) is 40.7 Å². The fourth-order valence-corrected chi connectivity index (χ4v) is 3.75. The van der Waals surface area contributed by atoms with Crippen molar-refractivity contribution in [2.45, 2.75) is 13.5 Å². The molecule has 0 aliphatic heterocycles. The minimum Gasteiger partial charge on any atom is -0.496 e. The Labute approximate surface area is 181 Å². The molecule has 0 saturated heterocycles. The van der Waals surface area contributed by atoms with Gasteiger partial charge < -0.3 is 18.8 Å². The minimum absolute atomic E-state index is 0.295. The lowest BCUT2D eigenvalue weighted by atomic mass is 9.98. The highest BCUT2D eigenvalue weighted by Crippen LogP contribution is 2.35. The van der Waals surface area contributed by atoms with Crippen LogP contribution in [0.25, 0.3) is 22.0 Å². The Morgan fingerprint density at radius 2 is 1.77 bits per heavy atom. The third kappa shape index (κ3) is 3.97. The number of benzene rings is 2. The van der Waals surface area contributed by atoms with E-state index in [0.29, 0.717) is 30.0 Å². The molecule has 6 nitrogen and oxygen atoms in total. The largest absolute Gasteiger partial charge is 0.496 e. The zero-order chi connectivity index (χ0) is 21.8. The Bertz CT molecular complexity index is 1230. The predicted octanol–water partition coefficient (Wildman–Crippen LogP) is 4.95. The monoisotopic (exact) mass is 416 g/mol. The average Bonchev–Trinajstić information content (AvgIpc) is 3.26. The van der Waals surface area contributed by atoms with Crippen LogP contribution in [0.3, 0.4) is 0 Å². The molecule has 6 heteroatoms. The molecule has 0 aliphatic carbocycles. The van der Waals surface area contributed by atoms with Crippen LogP contribution in [0.1, 0.15) is 22.8 Å². The number of methoxy groups -OCH3 is 2. The van der Waals surface area contributed by atoms with Crippen molar-refractivity contribution in [3.8, 4) is 22.6 Å². The number of hydrogen-bond acceptors (Lipinski definition) is 5. The van der Waals surface area contributed by atoms with E-state index in [9.17, 15) is 4.79 Å². The summed E-state index contributed by atoms with van der Waals surface area (Å²) in [5.41, 5.74) is 3.88. The third-order valence-corrected chi connectivity index (χ3v) is 5.16. The Morgan fingerprint density at radius 1 is 1.00 bits per heavy atom. The molecule has 4 rings (SSSR count). The van der Waals surface area contributed by atoms with E-state index in [1.165, 1.54) is 0 Å². The molecule has 2 aromatic carbocycles. The summed E-state index contributed by atoms with van der Waals surface area (Å²) in [6, 6.07) is 15.6. The first-order valence-electron chi connectivity index (χ1n) is 10.1. The average molecular weight is 416 g/mol. The Kier molecular flexibility index (Phi) is 5.89. The molecule has 0 radical (unpaired) electrons. The van der Waals surface area contributed by atoms with Crippen LogP contribution in [-0.2, 0) is 11.3 Å². The highest BCUT2D eigenvalue weighted by Gasteiger charge is 2.20. The van der Waals surface area contributed by atoms with Crippen LogP contribution in [-0.4, -0.2) is 36.3 Å². The molecule has 0 amide bonds. The number of fused-ring (bicyclic) bond motifs is 1. The van der Waals surface area contributed by atoms with Gasteiger partial charge in [-0.05, 0) is 25.1 Å². The van der Waals surface area contributed by atoms with E-state index in [1.807, 2.05) is 60.9 Å². The quantitative estimate of drug-likeness (QED) is 0.399. The molecule has 0 aliphatic rings. The van der Waals surface area contributed by atoms with Crippen molar-refractivity contribution < 1.29 is 19.0 Å². The van der Waals surface area contributed by atoms with Gasteiger partial charge in [0.25, 0.3) is 0 Å².